The molecule has 3 aromatic rings. The first-order chi connectivity index (χ1) is 18.3. The summed E-state index contributed by atoms with van der Waals surface area (Å²) in [4.78, 5) is 62.0. The number of hydrogen-bond acceptors (Lipinski definition) is 9. The van der Waals surface area contributed by atoms with Gasteiger partial charge in [0.1, 0.15) is 11.0 Å². The number of halogens is 1. The number of amides is 1. The Balaban J connectivity index is 2.02. The predicted molar refractivity (Wildman–Crippen MR) is 137 cm³/mol. The fraction of sp³-hybridized carbons (Fsp3) is 0.259. The predicted octanol–water partition coefficient (Wildman–Crippen LogP) is 3.49. The molecule has 0 saturated heterocycles. The molecule has 0 bridgehead atoms. The average molecular weight is 540 g/mol. The van der Waals surface area contributed by atoms with Crippen molar-refractivity contribution in [2.75, 3.05) is 18.1 Å². The standard InChI is InChI=1S/C27H26ClN3O7/c1-3-36-26(34)23(27(35)37-4-2)38-25(33)22(19-10-6-5-7-11-19)24(32)31(21-12-8-9-15-29-21)17-18-13-14-20(28)30-16-18/h5-16,22-23H,3-4,17H2,1-2H3. The SMILES string of the molecule is CCOC(=O)C(OC(=O)C(C(=O)N(Cc1ccc(Cl)nc1)c1ccccn1)c1ccccc1)C(=O)OCC. The zero-order valence-corrected chi connectivity index (χ0v) is 21.5. The Morgan fingerprint density at radius 3 is 2.05 bits per heavy atom. The zero-order valence-electron chi connectivity index (χ0n) is 20.8. The van der Waals surface area contributed by atoms with Crippen LogP contribution in [0.15, 0.2) is 73.1 Å². The highest BCUT2D eigenvalue weighted by Crippen LogP contribution is 2.26. The molecule has 0 aliphatic rings. The number of carbonyl (C=O) groups is 4. The van der Waals surface area contributed by atoms with Gasteiger partial charge in [-0.3, -0.25) is 14.5 Å². The fourth-order valence-corrected chi connectivity index (χ4v) is 3.57. The summed E-state index contributed by atoms with van der Waals surface area (Å²) >= 11 is 5.90. The summed E-state index contributed by atoms with van der Waals surface area (Å²) in [5, 5.41) is 0.277. The molecule has 1 amide bonds. The number of rotatable bonds is 11. The minimum atomic E-state index is -2.00. The maximum atomic E-state index is 14.0. The van der Waals surface area contributed by atoms with Crippen molar-refractivity contribution in [1.82, 2.24) is 9.97 Å². The Kier molecular flexibility index (Phi) is 10.3. The van der Waals surface area contributed by atoms with Gasteiger partial charge in [0, 0.05) is 12.4 Å². The highest BCUT2D eigenvalue weighted by Gasteiger charge is 2.40. The first-order valence-corrected chi connectivity index (χ1v) is 12.1. The van der Waals surface area contributed by atoms with Gasteiger partial charge in [0.2, 0.25) is 5.91 Å². The second-order valence-corrected chi connectivity index (χ2v) is 8.15. The van der Waals surface area contributed by atoms with Crippen molar-refractivity contribution in [3.8, 4) is 0 Å². The molecule has 0 radical (unpaired) electrons. The van der Waals surface area contributed by atoms with Gasteiger partial charge in [0.15, 0.2) is 5.92 Å². The summed E-state index contributed by atoms with van der Waals surface area (Å²) in [5.41, 5.74) is 0.897. The third-order valence-electron chi connectivity index (χ3n) is 5.17. The summed E-state index contributed by atoms with van der Waals surface area (Å²) < 4.78 is 15.1. The van der Waals surface area contributed by atoms with Crippen molar-refractivity contribution < 1.29 is 33.4 Å². The molecule has 3 rings (SSSR count). The van der Waals surface area contributed by atoms with E-state index >= 15 is 0 Å². The number of ether oxygens (including phenoxy) is 3. The van der Waals surface area contributed by atoms with E-state index in [0.29, 0.717) is 5.56 Å². The molecule has 0 fully saturated rings. The van der Waals surface area contributed by atoms with E-state index in [1.54, 1.807) is 60.7 Å². The number of benzene rings is 1. The normalized spacial score (nSPS) is 11.4. The molecule has 0 saturated carbocycles. The largest absolute Gasteiger partial charge is 0.463 e. The lowest BCUT2D eigenvalue weighted by Crippen LogP contribution is -2.43. The summed E-state index contributed by atoms with van der Waals surface area (Å²) in [6.45, 7) is 2.95. The maximum Gasteiger partial charge on any atom is 0.359 e. The molecular formula is C27H26ClN3O7. The van der Waals surface area contributed by atoms with Crippen LogP contribution in [0.5, 0.6) is 0 Å². The van der Waals surface area contributed by atoms with Gasteiger partial charge in [-0.25, -0.2) is 19.6 Å². The summed E-state index contributed by atoms with van der Waals surface area (Å²) in [7, 11) is 0. The minimum absolute atomic E-state index is 0.00416. The third-order valence-corrected chi connectivity index (χ3v) is 5.40. The Hall–Kier alpha value is -4.31. The van der Waals surface area contributed by atoms with E-state index in [4.69, 9.17) is 25.8 Å². The first kappa shape index (κ1) is 28.3. The third kappa shape index (κ3) is 7.36. The molecule has 2 heterocycles. The van der Waals surface area contributed by atoms with Gasteiger partial charge in [-0.15, -0.1) is 0 Å². The van der Waals surface area contributed by atoms with E-state index in [0.717, 1.165) is 0 Å². The van der Waals surface area contributed by atoms with Crippen molar-refractivity contribution in [1.29, 1.82) is 0 Å². The topological polar surface area (TPSA) is 125 Å². The average Bonchev–Trinajstić information content (AvgIpc) is 2.92. The molecular weight excluding hydrogens is 514 g/mol. The Morgan fingerprint density at radius 2 is 1.50 bits per heavy atom. The van der Waals surface area contributed by atoms with Crippen molar-refractivity contribution in [2.24, 2.45) is 0 Å². The van der Waals surface area contributed by atoms with Gasteiger partial charge >= 0.3 is 17.9 Å². The lowest BCUT2D eigenvalue weighted by molar-refractivity contribution is -0.181. The smallest absolute Gasteiger partial charge is 0.359 e. The molecule has 0 spiro atoms. The van der Waals surface area contributed by atoms with Crippen molar-refractivity contribution in [2.45, 2.75) is 32.4 Å². The van der Waals surface area contributed by atoms with E-state index < -0.39 is 35.8 Å². The number of aromatic nitrogens is 2. The molecule has 0 aliphatic carbocycles. The van der Waals surface area contributed by atoms with Crippen molar-refractivity contribution in [3.05, 3.63) is 89.3 Å². The lowest BCUT2D eigenvalue weighted by Gasteiger charge is -2.27. The van der Waals surface area contributed by atoms with Gasteiger partial charge in [-0.05, 0) is 43.2 Å². The number of anilines is 1. The summed E-state index contributed by atoms with van der Waals surface area (Å²) in [6, 6.07) is 16.4. The number of pyridine rings is 2. The number of esters is 3. The van der Waals surface area contributed by atoms with E-state index in [2.05, 4.69) is 9.97 Å². The highest BCUT2D eigenvalue weighted by atomic mass is 35.5. The molecule has 38 heavy (non-hydrogen) atoms. The molecule has 0 aliphatic heterocycles. The molecule has 1 aromatic carbocycles. The Morgan fingerprint density at radius 1 is 0.842 bits per heavy atom. The van der Waals surface area contributed by atoms with Gasteiger partial charge < -0.3 is 14.2 Å². The second-order valence-electron chi connectivity index (χ2n) is 7.77. The fourth-order valence-electron chi connectivity index (χ4n) is 3.46. The quantitative estimate of drug-likeness (QED) is 0.156. The first-order valence-electron chi connectivity index (χ1n) is 11.8. The zero-order chi connectivity index (χ0) is 27.5. The van der Waals surface area contributed by atoms with Crippen LogP contribution in [-0.2, 0) is 39.9 Å². The minimum Gasteiger partial charge on any atom is -0.463 e. The highest BCUT2D eigenvalue weighted by molar-refractivity contribution is 6.29. The van der Waals surface area contributed by atoms with E-state index in [1.807, 2.05) is 0 Å². The molecule has 11 heteroatoms. The van der Waals surface area contributed by atoms with Crippen LogP contribution in [0.25, 0.3) is 0 Å². The van der Waals surface area contributed by atoms with Crippen molar-refractivity contribution in [3.63, 3.8) is 0 Å². The molecule has 0 N–H and O–H groups in total. The van der Waals surface area contributed by atoms with Crippen LogP contribution in [-0.4, -0.2) is 53.1 Å². The number of hydrogen-bond donors (Lipinski definition) is 0. The van der Waals surface area contributed by atoms with Crippen LogP contribution in [0.2, 0.25) is 5.15 Å². The lowest BCUT2D eigenvalue weighted by atomic mass is 9.97. The molecule has 10 nitrogen and oxygen atoms in total. The van der Waals surface area contributed by atoms with Crippen molar-refractivity contribution >= 4 is 41.2 Å². The molecule has 198 valence electrons. The summed E-state index contributed by atoms with van der Waals surface area (Å²) in [6.07, 6.45) is 1.01. The maximum absolute atomic E-state index is 14.0. The number of nitrogens with zero attached hydrogens (tertiary/aromatic N) is 3. The van der Waals surface area contributed by atoms with Crippen LogP contribution in [0.4, 0.5) is 5.82 Å². The van der Waals surface area contributed by atoms with Crippen LogP contribution in [0.1, 0.15) is 30.9 Å². The van der Waals surface area contributed by atoms with Crippen LogP contribution < -0.4 is 4.90 Å². The van der Waals surface area contributed by atoms with Crippen LogP contribution in [0, 0.1) is 0 Å². The van der Waals surface area contributed by atoms with Crippen LogP contribution in [0.3, 0.4) is 0 Å². The van der Waals surface area contributed by atoms with E-state index in [1.165, 1.54) is 31.1 Å². The van der Waals surface area contributed by atoms with Gasteiger partial charge in [0.05, 0.1) is 19.8 Å². The van der Waals surface area contributed by atoms with Gasteiger partial charge in [-0.1, -0.05) is 54.1 Å². The second kappa shape index (κ2) is 13.8. The van der Waals surface area contributed by atoms with E-state index in [-0.39, 0.29) is 36.3 Å². The molecule has 1 atom stereocenters. The Labute approximate surface area is 224 Å². The Bertz CT molecular complexity index is 1220. The number of carbonyl (C=O) groups excluding carboxylic acids is 4. The monoisotopic (exact) mass is 539 g/mol. The van der Waals surface area contributed by atoms with Gasteiger partial charge in [-0.2, -0.15) is 0 Å². The summed E-state index contributed by atoms with van der Waals surface area (Å²) in [5.74, 6) is -5.35. The van der Waals surface area contributed by atoms with E-state index in [9.17, 15) is 19.2 Å². The van der Waals surface area contributed by atoms with Gasteiger partial charge in [0.25, 0.3) is 6.10 Å². The molecule has 1 unspecified atom stereocenters. The molecule has 2 aromatic heterocycles. The van der Waals surface area contributed by atoms with Crippen LogP contribution >= 0.6 is 11.6 Å².